The summed E-state index contributed by atoms with van der Waals surface area (Å²) in [5.41, 5.74) is 1.86. The molecule has 5 aromatic rings. The van der Waals surface area contributed by atoms with E-state index >= 15 is 0 Å². The van der Waals surface area contributed by atoms with Crippen molar-refractivity contribution in [2.45, 2.75) is 13.5 Å². The molecule has 2 aromatic carbocycles. The lowest BCUT2D eigenvalue weighted by Gasteiger charge is -2.07. The zero-order chi connectivity index (χ0) is 23.1. The van der Waals surface area contributed by atoms with Crippen LogP contribution in [0.25, 0.3) is 32.4 Å². The first kappa shape index (κ1) is 21.3. The molecule has 0 atom stereocenters. The Morgan fingerprint density at radius 3 is 2.73 bits per heavy atom. The van der Waals surface area contributed by atoms with Crippen molar-refractivity contribution in [2.24, 2.45) is 0 Å². The Hall–Kier alpha value is -3.56. The second-order valence-corrected chi connectivity index (χ2v) is 8.75. The van der Waals surface area contributed by atoms with E-state index in [1.54, 1.807) is 30.3 Å². The quantitative estimate of drug-likeness (QED) is 0.336. The molecule has 33 heavy (non-hydrogen) atoms. The fraction of sp³-hybridized carbons (Fsp3) is 0.130. The van der Waals surface area contributed by atoms with Gasteiger partial charge in [0.1, 0.15) is 4.83 Å². The van der Waals surface area contributed by atoms with Crippen LogP contribution in [0.4, 0.5) is 4.39 Å². The number of benzene rings is 2. The number of fused-ring (bicyclic) bond motifs is 1. The molecule has 3 aromatic heterocycles. The summed E-state index contributed by atoms with van der Waals surface area (Å²) in [6.45, 7) is 2.00. The highest BCUT2D eigenvalue weighted by molar-refractivity contribution is 7.22. The van der Waals surface area contributed by atoms with Crippen molar-refractivity contribution < 1.29 is 13.7 Å². The molecule has 0 fully saturated rings. The molecule has 0 radical (unpaired) electrons. The lowest BCUT2D eigenvalue weighted by Crippen LogP contribution is -2.21. The molecule has 0 aliphatic carbocycles. The lowest BCUT2D eigenvalue weighted by atomic mass is 10.2. The Balaban J connectivity index is 1.51. The van der Waals surface area contributed by atoms with E-state index < -0.39 is 5.82 Å². The molecule has 0 amide bonds. The van der Waals surface area contributed by atoms with Crippen LogP contribution in [-0.4, -0.2) is 26.8 Å². The van der Waals surface area contributed by atoms with E-state index in [9.17, 15) is 9.18 Å². The third kappa shape index (κ3) is 3.90. The van der Waals surface area contributed by atoms with Crippen molar-refractivity contribution in [2.75, 3.05) is 7.11 Å². The van der Waals surface area contributed by atoms with Crippen LogP contribution in [0.3, 0.4) is 0 Å². The number of hydrogen-bond acceptors (Lipinski definition) is 7. The highest BCUT2D eigenvalue weighted by atomic mass is 35.5. The Morgan fingerprint density at radius 2 is 2.00 bits per heavy atom. The molecule has 3 heterocycles. The van der Waals surface area contributed by atoms with Crippen molar-refractivity contribution >= 4 is 33.2 Å². The van der Waals surface area contributed by atoms with Crippen LogP contribution in [-0.2, 0) is 6.54 Å². The van der Waals surface area contributed by atoms with E-state index in [4.69, 9.17) is 20.9 Å². The number of rotatable bonds is 5. The topological polar surface area (TPSA) is 83.0 Å². The fourth-order valence-electron chi connectivity index (χ4n) is 3.51. The molecule has 7 nitrogen and oxygen atoms in total. The molecular weight excluding hydrogens is 467 g/mol. The summed E-state index contributed by atoms with van der Waals surface area (Å²) in [7, 11) is 1.40. The van der Waals surface area contributed by atoms with Gasteiger partial charge in [0.2, 0.25) is 5.82 Å². The molecule has 0 aliphatic rings. The summed E-state index contributed by atoms with van der Waals surface area (Å²) < 4.78 is 25.9. The van der Waals surface area contributed by atoms with Gasteiger partial charge in [-0.1, -0.05) is 22.8 Å². The van der Waals surface area contributed by atoms with Crippen LogP contribution < -0.4 is 10.3 Å². The average molecular weight is 483 g/mol. The molecule has 0 unspecified atom stereocenters. The Morgan fingerprint density at radius 1 is 1.21 bits per heavy atom. The molecule has 0 saturated heterocycles. The predicted octanol–water partition coefficient (Wildman–Crippen LogP) is 5.33. The van der Waals surface area contributed by atoms with Gasteiger partial charge in [-0.3, -0.25) is 9.36 Å². The van der Waals surface area contributed by atoms with E-state index in [0.717, 1.165) is 5.56 Å². The van der Waals surface area contributed by atoms with Crippen molar-refractivity contribution in [3.8, 4) is 27.9 Å². The number of aryl methyl sites for hydroxylation is 1. The number of hydrogen-bond donors (Lipinski definition) is 0. The molecule has 166 valence electrons. The second kappa shape index (κ2) is 8.42. The van der Waals surface area contributed by atoms with Gasteiger partial charge in [0.15, 0.2) is 11.6 Å². The van der Waals surface area contributed by atoms with Gasteiger partial charge >= 0.3 is 0 Å². The van der Waals surface area contributed by atoms with E-state index in [1.165, 1.54) is 41.5 Å². The van der Waals surface area contributed by atoms with Gasteiger partial charge in [0, 0.05) is 10.6 Å². The maximum absolute atomic E-state index is 14.1. The maximum Gasteiger partial charge on any atom is 0.268 e. The van der Waals surface area contributed by atoms with Gasteiger partial charge in [0.25, 0.3) is 11.4 Å². The molecule has 0 N–H and O–H groups in total. The summed E-state index contributed by atoms with van der Waals surface area (Å²) in [6, 6.07) is 11.7. The van der Waals surface area contributed by atoms with Crippen LogP contribution in [0.15, 0.2) is 58.1 Å². The SMILES string of the molecule is COc1ccc(Cn2cnc3sc(-c4nc(-c5ccc(Cl)cc5)no4)c(C)c3c2=O)cc1F. The highest BCUT2D eigenvalue weighted by Gasteiger charge is 2.21. The molecule has 5 rings (SSSR count). The molecule has 0 spiro atoms. The van der Waals surface area contributed by atoms with E-state index in [2.05, 4.69) is 15.1 Å². The van der Waals surface area contributed by atoms with Gasteiger partial charge in [-0.25, -0.2) is 9.37 Å². The average Bonchev–Trinajstić information content (AvgIpc) is 3.41. The first-order chi connectivity index (χ1) is 15.9. The van der Waals surface area contributed by atoms with Crippen LogP contribution in [0, 0.1) is 12.7 Å². The monoisotopic (exact) mass is 482 g/mol. The molecular formula is C23H16ClFN4O3S. The Kier molecular flexibility index (Phi) is 5.43. The second-order valence-electron chi connectivity index (χ2n) is 7.31. The van der Waals surface area contributed by atoms with Crippen molar-refractivity contribution in [3.05, 3.63) is 81.1 Å². The van der Waals surface area contributed by atoms with Gasteiger partial charge < -0.3 is 9.26 Å². The van der Waals surface area contributed by atoms with Crippen LogP contribution in [0.2, 0.25) is 5.02 Å². The van der Waals surface area contributed by atoms with Crippen LogP contribution in [0.1, 0.15) is 11.1 Å². The van der Waals surface area contributed by atoms with E-state index in [-0.39, 0.29) is 17.9 Å². The molecule has 0 saturated carbocycles. The fourth-order valence-corrected chi connectivity index (χ4v) is 4.70. The zero-order valence-corrected chi connectivity index (χ0v) is 19.1. The Labute approximate surface area is 196 Å². The van der Waals surface area contributed by atoms with Crippen molar-refractivity contribution in [3.63, 3.8) is 0 Å². The minimum Gasteiger partial charge on any atom is -0.494 e. The first-order valence-corrected chi connectivity index (χ1v) is 11.0. The summed E-state index contributed by atoms with van der Waals surface area (Å²) in [5.74, 6) is 0.392. The van der Waals surface area contributed by atoms with Gasteiger partial charge in [-0.05, 0) is 54.4 Å². The van der Waals surface area contributed by atoms with Gasteiger partial charge in [0.05, 0.1) is 30.2 Å². The standard InChI is InChI=1S/C23H16ClFN4O3S/c1-12-18-22(26-11-29(23(18)30)10-13-3-8-17(31-2)16(25)9-13)33-19(12)21-27-20(28-32-21)14-4-6-15(24)7-5-14/h3-9,11H,10H2,1-2H3. The molecule has 10 heteroatoms. The third-order valence-corrected chi connectivity index (χ3v) is 6.65. The number of methoxy groups -OCH3 is 1. The van der Waals surface area contributed by atoms with Crippen molar-refractivity contribution in [1.29, 1.82) is 0 Å². The third-order valence-electron chi connectivity index (χ3n) is 5.21. The smallest absolute Gasteiger partial charge is 0.268 e. The minimum atomic E-state index is -0.487. The summed E-state index contributed by atoms with van der Waals surface area (Å²) in [5, 5.41) is 5.13. The van der Waals surface area contributed by atoms with Crippen molar-refractivity contribution in [1.82, 2.24) is 19.7 Å². The summed E-state index contributed by atoms with van der Waals surface area (Å²) in [4.78, 5) is 23.4. The summed E-state index contributed by atoms with van der Waals surface area (Å²) in [6.07, 6.45) is 1.46. The number of ether oxygens (including phenoxy) is 1. The number of thiophene rings is 1. The minimum absolute atomic E-state index is 0.149. The maximum atomic E-state index is 14.1. The Bertz CT molecular complexity index is 1540. The number of halogens is 2. The molecule has 0 bridgehead atoms. The molecule has 0 aliphatic heterocycles. The van der Waals surface area contributed by atoms with Crippen LogP contribution >= 0.6 is 22.9 Å². The van der Waals surface area contributed by atoms with Gasteiger partial charge in [-0.15, -0.1) is 11.3 Å². The van der Waals surface area contributed by atoms with Crippen LogP contribution in [0.5, 0.6) is 5.75 Å². The summed E-state index contributed by atoms with van der Waals surface area (Å²) >= 11 is 7.25. The number of nitrogens with zero attached hydrogens (tertiary/aromatic N) is 4. The van der Waals surface area contributed by atoms with E-state index in [0.29, 0.717) is 43.0 Å². The largest absolute Gasteiger partial charge is 0.494 e. The lowest BCUT2D eigenvalue weighted by molar-refractivity contribution is 0.386. The predicted molar refractivity (Wildman–Crippen MR) is 124 cm³/mol. The highest BCUT2D eigenvalue weighted by Crippen LogP contribution is 2.35. The van der Waals surface area contributed by atoms with E-state index in [1.807, 2.05) is 6.92 Å². The first-order valence-electron chi connectivity index (χ1n) is 9.85. The zero-order valence-electron chi connectivity index (χ0n) is 17.5. The van der Waals surface area contributed by atoms with Gasteiger partial charge in [-0.2, -0.15) is 4.98 Å². The normalized spacial score (nSPS) is 11.3. The number of aromatic nitrogens is 4.